The van der Waals surface area contributed by atoms with E-state index in [1.165, 1.54) is 38.5 Å². The Labute approximate surface area is 100 Å². The minimum Gasteiger partial charge on any atom is -0.389 e. The maximum atomic E-state index is 9.87. The number of hydrogen-bond donors (Lipinski definition) is 2. The van der Waals surface area contributed by atoms with Gasteiger partial charge in [0.15, 0.2) is 0 Å². The van der Waals surface area contributed by atoms with Crippen LogP contribution in [0.4, 0.5) is 0 Å². The van der Waals surface area contributed by atoms with Gasteiger partial charge in [-0.05, 0) is 33.2 Å². The lowest BCUT2D eigenvalue weighted by Gasteiger charge is -2.30. The van der Waals surface area contributed by atoms with E-state index in [2.05, 4.69) is 11.9 Å². The van der Waals surface area contributed by atoms with Crippen LogP contribution in [0.2, 0.25) is 0 Å². The van der Waals surface area contributed by atoms with Crippen molar-refractivity contribution in [2.45, 2.75) is 63.5 Å². The third kappa shape index (κ3) is 4.81. The second-order valence-electron chi connectivity index (χ2n) is 5.58. The van der Waals surface area contributed by atoms with Gasteiger partial charge in [0, 0.05) is 19.1 Å². The fraction of sp³-hybridized carbons (Fsp3) is 1.00. The van der Waals surface area contributed by atoms with E-state index in [1.54, 1.807) is 0 Å². The summed E-state index contributed by atoms with van der Waals surface area (Å²) >= 11 is 0. The van der Waals surface area contributed by atoms with Gasteiger partial charge in [0.25, 0.3) is 0 Å². The Morgan fingerprint density at radius 2 is 1.81 bits per heavy atom. The summed E-state index contributed by atoms with van der Waals surface area (Å²) in [6.45, 7) is 3.13. The van der Waals surface area contributed by atoms with Gasteiger partial charge in [-0.15, -0.1) is 0 Å². The fourth-order valence-electron chi connectivity index (χ4n) is 2.40. The first-order valence-corrected chi connectivity index (χ1v) is 6.68. The second-order valence-corrected chi connectivity index (χ2v) is 5.58. The standard InChI is InChI=1S/C13H28N2O/c1-13(16,11-14)9-10-15(2)12-7-5-3-4-6-8-12/h12,16H,3-11,14H2,1-2H3. The number of hydrogen-bond acceptors (Lipinski definition) is 3. The van der Waals surface area contributed by atoms with Crippen molar-refractivity contribution < 1.29 is 5.11 Å². The van der Waals surface area contributed by atoms with Crippen LogP contribution >= 0.6 is 0 Å². The molecule has 0 aromatic carbocycles. The highest BCUT2D eigenvalue weighted by Crippen LogP contribution is 2.21. The summed E-state index contributed by atoms with van der Waals surface area (Å²) in [6, 6.07) is 0.719. The van der Waals surface area contributed by atoms with E-state index in [0.717, 1.165) is 19.0 Å². The minimum atomic E-state index is -0.695. The van der Waals surface area contributed by atoms with E-state index in [-0.39, 0.29) is 0 Å². The number of nitrogens with two attached hydrogens (primary N) is 1. The van der Waals surface area contributed by atoms with Crippen molar-refractivity contribution >= 4 is 0 Å². The zero-order valence-electron chi connectivity index (χ0n) is 10.9. The molecule has 96 valence electrons. The topological polar surface area (TPSA) is 49.5 Å². The first kappa shape index (κ1) is 13.9. The molecule has 1 aliphatic carbocycles. The monoisotopic (exact) mass is 228 g/mol. The quantitative estimate of drug-likeness (QED) is 0.705. The SMILES string of the molecule is CN(CCC(C)(O)CN)C1CCCCCC1. The Hall–Kier alpha value is -0.120. The third-order valence-corrected chi connectivity index (χ3v) is 3.89. The first-order chi connectivity index (χ1) is 7.55. The van der Waals surface area contributed by atoms with Crippen LogP contribution in [0.25, 0.3) is 0 Å². The minimum absolute atomic E-state index is 0.353. The lowest BCUT2D eigenvalue weighted by molar-refractivity contribution is 0.0448. The Morgan fingerprint density at radius 3 is 2.31 bits per heavy atom. The van der Waals surface area contributed by atoms with E-state index in [9.17, 15) is 5.11 Å². The summed E-state index contributed by atoms with van der Waals surface area (Å²) in [5, 5.41) is 9.87. The highest BCUT2D eigenvalue weighted by atomic mass is 16.3. The molecule has 1 unspecified atom stereocenters. The van der Waals surface area contributed by atoms with Crippen molar-refractivity contribution in [3.8, 4) is 0 Å². The van der Waals surface area contributed by atoms with Crippen LogP contribution in [0.3, 0.4) is 0 Å². The Morgan fingerprint density at radius 1 is 1.25 bits per heavy atom. The zero-order valence-corrected chi connectivity index (χ0v) is 10.9. The van der Waals surface area contributed by atoms with Crippen LogP contribution < -0.4 is 5.73 Å². The maximum absolute atomic E-state index is 9.87. The van der Waals surface area contributed by atoms with Crippen LogP contribution in [-0.4, -0.2) is 41.8 Å². The first-order valence-electron chi connectivity index (χ1n) is 6.68. The van der Waals surface area contributed by atoms with Crippen molar-refractivity contribution in [1.82, 2.24) is 4.90 Å². The molecule has 1 atom stereocenters. The summed E-state index contributed by atoms with van der Waals surface area (Å²) < 4.78 is 0. The van der Waals surface area contributed by atoms with Gasteiger partial charge in [-0.25, -0.2) is 0 Å². The van der Waals surface area contributed by atoms with E-state index in [0.29, 0.717) is 6.54 Å². The molecule has 3 nitrogen and oxygen atoms in total. The molecule has 3 heteroatoms. The second kappa shape index (κ2) is 6.58. The number of nitrogens with zero attached hydrogens (tertiary/aromatic N) is 1. The summed E-state index contributed by atoms with van der Waals surface area (Å²) in [5.41, 5.74) is 4.83. The normalized spacial score (nSPS) is 23.1. The molecule has 0 heterocycles. The van der Waals surface area contributed by atoms with Crippen molar-refractivity contribution in [3.05, 3.63) is 0 Å². The highest BCUT2D eigenvalue weighted by molar-refractivity contribution is 4.78. The summed E-state index contributed by atoms with van der Waals surface area (Å²) in [7, 11) is 2.18. The van der Waals surface area contributed by atoms with Gasteiger partial charge in [-0.1, -0.05) is 25.7 Å². The van der Waals surface area contributed by atoms with Crippen LogP contribution in [0, 0.1) is 0 Å². The molecule has 0 spiro atoms. The molecule has 3 N–H and O–H groups in total. The van der Waals surface area contributed by atoms with Gasteiger partial charge < -0.3 is 15.7 Å². The van der Waals surface area contributed by atoms with Crippen molar-refractivity contribution in [3.63, 3.8) is 0 Å². The highest BCUT2D eigenvalue weighted by Gasteiger charge is 2.21. The summed E-state index contributed by atoms with van der Waals surface area (Å²) in [4.78, 5) is 2.41. The molecular weight excluding hydrogens is 200 g/mol. The van der Waals surface area contributed by atoms with Gasteiger partial charge in [-0.2, -0.15) is 0 Å². The van der Waals surface area contributed by atoms with Gasteiger partial charge in [-0.3, -0.25) is 0 Å². The van der Waals surface area contributed by atoms with Crippen LogP contribution in [0.5, 0.6) is 0 Å². The molecule has 0 amide bonds. The van der Waals surface area contributed by atoms with Crippen LogP contribution in [0.15, 0.2) is 0 Å². The van der Waals surface area contributed by atoms with E-state index >= 15 is 0 Å². The van der Waals surface area contributed by atoms with E-state index < -0.39 is 5.60 Å². The van der Waals surface area contributed by atoms with Crippen molar-refractivity contribution in [2.75, 3.05) is 20.1 Å². The van der Waals surface area contributed by atoms with Gasteiger partial charge in [0.05, 0.1) is 5.60 Å². The molecule has 16 heavy (non-hydrogen) atoms. The van der Waals surface area contributed by atoms with Gasteiger partial charge >= 0.3 is 0 Å². The zero-order chi connectivity index (χ0) is 12.0. The summed E-state index contributed by atoms with van der Waals surface area (Å²) in [6.07, 6.45) is 8.93. The van der Waals surface area contributed by atoms with Crippen molar-refractivity contribution in [1.29, 1.82) is 0 Å². The maximum Gasteiger partial charge on any atom is 0.0753 e. The molecule has 0 radical (unpaired) electrons. The van der Waals surface area contributed by atoms with E-state index in [4.69, 9.17) is 5.73 Å². The molecule has 1 rings (SSSR count). The molecular formula is C13H28N2O. The van der Waals surface area contributed by atoms with Crippen LogP contribution in [-0.2, 0) is 0 Å². The lowest BCUT2D eigenvalue weighted by Crippen LogP contribution is -2.40. The average molecular weight is 228 g/mol. The predicted octanol–water partition coefficient (Wildman–Crippen LogP) is 1.74. The third-order valence-electron chi connectivity index (χ3n) is 3.89. The molecule has 0 aromatic rings. The molecule has 0 aliphatic heterocycles. The number of rotatable bonds is 5. The van der Waals surface area contributed by atoms with Gasteiger partial charge in [0.1, 0.15) is 0 Å². The molecule has 0 bridgehead atoms. The molecule has 0 aromatic heterocycles. The molecule has 1 aliphatic rings. The van der Waals surface area contributed by atoms with Crippen molar-refractivity contribution in [2.24, 2.45) is 5.73 Å². The molecule has 1 saturated carbocycles. The Bertz CT molecular complexity index is 186. The predicted molar refractivity (Wildman–Crippen MR) is 68.4 cm³/mol. The Kier molecular flexibility index (Phi) is 5.73. The largest absolute Gasteiger partial charge is 0.389 e. The van der Waals surface area contributed by atoms with E-state index in [1.807, 2.05) is 6.92 Å². The Balaban J connectivity index is 2.30. The average Bonchev–Trinajstić information content (AvgIpc) is 2.54. The smallest absolute Gasteiger partial charge is 0.0753 e. The van der Waals surface area contributed by atoms with Crippen LogP contribution in [0.1, 0.15) is 51.9 Å². The number of aliphatic hydroxyl groups is 1. The fourth-order valence-corrected chi connectivity index (χ4v) is 2.40. The lowest BCUT2D eigenvalue weighted by atomic mass is 10.0. The molecule has 1 fully saturated rings. The van der Waals surface area contributed by atoms with Gasteiger partial charge in [0.2, 0.25) is 0 Å². The molecule has 0 saturated heterocycles. The summed E-state index contributed by atoms with van der Waals surface area (Å²) in [5.74, 6) is 0.